The zero-order valence-electron chi connectivity index (χ0n) is 9.00. The third kappa shape index (κ3) is 8.61. The molecule has 1 aromatic rings. The van der Waals surface area contributed by atoms with E-state index in [0.717, 1.165) is 12.0 Å². The summed E-state index contributed by atoms with van der Waals surface area (Å²) in [5.74, 6) is -3.89. The number of carboxylic acid groups (broad SMARTS) is 2. The van der Waals surface area contributed by atoms with E-state index in [-0.39, 0.29) is 5.91 Å². The molecule has 0 fully saturated rings. The molecule has 1 rings (SSSR count). The van der Waals surface area contributed by atoms with Gasteiger partial charge in [-0.05, 0) is 12.0 Å². The Labute approximate surface area is 97.7 Å². The van der Waals surface area contributed by atoms with Gasteiger partial charge >= 0.3 is 11.9 Å². The second kappa shape index (κ2) is 7.86. The highest BCUT2D eigenvalue weighted by atomic mass is 16.4. The Kier molecular flexibility index (Phi) is 6.77. The number of carbonyl (C=O) groups excluding carboxylic acids is 1. The fourth-order valence-electron chi connectivity index (χ4n) is 0.912. The minimum atomic E-state index is -1.82. The molecule has 0 saturated carbocycles. The lowest BCUT2D eigenvalue weighted by molar-refractivity contribution is -0.159. The zero-order valence-corrected chi connectivity index (χ0v) is 9.00. The van der Waals surface area contributed by atoms with Crippen molar-refractivity contribution in [3.63, 3.8) is 0 Å². The van der Waals surface area contributed by atoms with Crippen LogP contribution < -0.4 is 5.73 Å². The van der Waals surface area contributed by atoms with Crippen molar-refractivity contribution in [2.24, 2.45) is 5.73 Å². The quantitative estimate of drug-likeness (QED) is 0.654. The number of primary amides is 1. The van der Waals surface area contributed by atoms with Gasteiger partial charge in [-0.2, -0.15) is 0 Å². The molecular weight excluding hydrogens is 226 g/mol. The molecule has 0 aliphatic rings. The minimum Gasteiger partial charge on any atom is -0.473 e. The molecule has 4 N–H and O–H groups in total. The van der Waals surface area contributed by atoms with Crippen molar-refractivity contribution in [3.8, 4) is 0 Å². The maximum atomic E-state index is 10.4. The van der Waals surface area contributed by atoms with Gasteiger partial charge in [0.05, 0.1) is 0 Å². The Morgan fingerprint density at radius 2 is 1.47 bits per heavy atom. The number of amides is 1. The highest BCUT2D eigenvalue weighted by Gasteiger charge is 2.04. The molecule has 1 amide bonds. The van der Waals surface area contributed by atoms with Crippen LogP contribution in [0, 0.1) is 0 Å². The van der Waals surface area contributed by atoms with Crippen molar-refractivity contribution < 1.29 is 24.6 Å². The van der Waals surface area contributed by atoms with Crippen LogP contribution in [0.15, 0.2) is 30.3 Å². The van der Waals surface area contributed by atoms with E-state index >= 15 is 0 Å². The van der Waals surface area contributed by atoms with E-state index in [0.29, 0.717) is 6.42 Å². The predicted molar refractivity (Wildman–Crippen MR) is 59.2 cm³/mol. The number of aryl methyl sites for hydroxylation is 1. The first-order valence-electron chi connectivity index (χ1n) is 4.72. The molecule has 0 unspecified atom stereocenters. The van der Waals surface area contributed by atoms with E-state index in [4.69, 9.17) is 25.5 Å². The standard InChI is InChI=1S/C9H11NO.C2H2O4/c10-9(11)7-6-8-4-2-1-3-5-8;3-1(4)2(5)6/h1-5H,6-7H2,(H2,10,11);(H,3,4)(H,5,6). The molecule has 0 spiro atoms. The van der Waals surface area contributed by atoms with Crippen LogP contribution in [0.1, 0.15) is 12.0 Å². The zero-order chi connectivity index (χ0) is 13.3. The van der Waals surface area contributed by atoms with Gasteiger partial charge in [0, 0.05) is 6.42 Å². The van der Waals surface area contributed by atoms with Crippen molar-refractivity contribution in [3.05, 3.63) is 35.9 Å². The largest absolute Gasteiger partial charge is 0.473 e. The van der Waals surface area contributed by atoms with Crippen molar-refractivity contribution in [1.82, 2.24) is 0 Å². The number of nitrogens with two attached hydrogens (primary N) is 1. The monoisotopic (exact) mass is 239 g/mol. The van der Waals surface area contributed by atoms with Crippen LogP contribution in [-0.4, -0.2) is 28.1 Å². The molecule has 6 nitrogen and oxygen atoms in total. The van der Waals surface area contributed by atoms with Gasteiger partial charge in [-0.3, -0.25) is 4.79 Å². The summed E-state index contributed by atoms with van der Waals surface area (Å²) in [4.78, 5) is 28.6. The van der Waals surface area contributed by atoms with Gasteiger partial charge in [0.2, 0.25) is 5.91 Å². The summed E-state index contributed by atoms with van der Waals surface area (Å²) in [5.41, 5.74) is 6.16. The maximum Gasteiger partial charge on any atom is 0.414 e. The molecule has 92 valence electrons. The van der Waals surface area contributed by atoms with Gasteiger partial charge < -0.3 is 15.9 Å². The number of hydrogen-bond donors (Lipinski definition) is 3. The van der Waals surface area contributed by atoms with Crippen LogP contribution in [-0.2, 0) is 20.8 Å². The smallest absolute Gasteiger partial charge is 0.414 e. The molecule has 6 heteroatoms. The molecule has 0 aliphatic carbocycles. The van der Waals surface area contributed by atoms with Crippen LogP contribution in [0.4, 0.5) is 0 Å². The lowest BCUT2D eigenvalue weighted by atomic mass is 10.1. The Hall–Kier alpha value is -2.37. The average Bonchev–Trinajstić information content (AvgIpc) is 2.28. The summed E-state index contributed by atoms with van der Waals surface area (Å²) in [6, 6.07) is 9.84. The van der Waals surface area contributed by atoms with Gasteiger partial charge in [0.25, 0.3) is 0 Å². The second-order valence-corrected chi connectivity index (χ2v) is 3.06. The topological polar surface area (TPSA) is 118 Å². The Bertz CT molecular complexity index is 376. The van der Waals surface area contributed by atoms with Crippen molar-refractivity contribution in [2.45, 2.75) is 12.8 Å². The van der Waals surface area contributed by atoms with E-state index in [1.54, 1.807) is 0 Å². The second-order valence-electron chi connectivity index (χ2n) is 3.06. The third-order valence-corrected chi connectivity index (χ3v) is 1.69. The van der Waals surface area contributed by atoms with Crippen LogP contribution in [0.2, 0.25) is 0 Å². The van der Waals surface area contributed by atoms with Crippen LogP contribution in [0.3, 0.4) is 0 Å². The molecule has 0 saturated heterocycles. The molecule has 1 aromatic carbocycles. The Morgan fingerprint density at radius 1 is 1.00 bits per heavy atom. The van der Waals surface area contributed by atoms with Gasteiger partial charge in [0.15, 0.2) is 0 Å². The van der Waals surface area contributed by atoms with Gasteiger partial charge in [0.1, 0.15) is 0 Å². The summed E-state index contributed by atoms with van der Waals surface area (Å²) in [5, 5.41) is 14.8. The first-order valence-corrected chi connectivity index (χ1v) is 4.72. The fourth-order valence-corrected chi connectivity index (χ4v) is 0.912. The lowest BCUT2D eigenvalue weighted by Crippen LogP contribution is -2.10. The van der Waals surface area contributed by atoms with E-state index < -0.39 is 11.9 Å². The van der Waals surface area contributed by atoms with Crippen LogP contribution >= 0.6 is 0 Å². The van der Waals surface area contributed by atoms with E-state index in [1.807, 2.05) is 30.3 Å². The Morgan fingerprint density at radius 3 is 1.82 bits per heavy atom. The van der Waals surface area contributed by atoms with Gasteiger partial charge in [-0.25, -0.2) is 9.59 Å². The molecule has 17 heavy (non-hydrogen) atoms. The predicted octanol–water partition coefficient (Wildman–Crippen LogP) is 0.260. The minimum absolute atomic E-state index is 0.242. The highest BCUT2D eigenvalue weighted by molar-refractivity contribution is 6.27. The van der Waals surface area contributed by atoms with Gasteiger partial charge in [-0.1, -0.05) is 30.3 Å². The number of carbonyl (C=O) groups is 3. The summed E-state index contributed by atoms with van der Waals surface area (Å²) in [6.45, 7) is 0. The maximum absolute atomic E-state index is 10.4. The van der Waals surface area contributed by atoms with Crippen molar-refractivity contribution in [2.75, 3.05) is 0 Å². The first-order chi connectivity index (χ1) is 7.93. The number of benzene rings is 1. The van der Waals surface area contributed by atoms with E-state index in [2.05, 4.69) is 0 Å². The first kappa shape index (κ1) is 14.6. The number of hydrogen-bond acceptors (Lipinski definition) is 3. The lowest BCUT2D eigenvalue weighted by Gasteiger charge is -1.96. The van der Waals surface area contributed by atoms with E-state index in [9.17, 15) is 4.79 Å². The molecular formula is C11H13NO5. The molecule has 0 aliphatic heterocycles. The molecule has 0 heterocycles. The highest BCUT2D eigenvalue weighted by Crippen LogP contribution is 2.00. The van der Waals surface area contributed by atoms with Crippen LogP contribution in [0.25, 0.3) is 0 Å². The van der Waals surface area contributed by atoms with Crippen LogP contribution in [0.5, 0.6) is 0 Å². The molecule has 0 radical (unpaired) electrons. The summed E-state index contributed by atoms with van der Waals surface area (Å²) >= 11 is 0. The molecule has 0 atom stereocenters. The fraction of sp³-hybridized carbons (Fsp3) is 0.182. The number of rotatable bonds is 3. The third-order valence-electron chi connectivity index (χ3n) is 1.69. The Balaban J connectivity index is 0.000000366. The van der Waals surface area contributed by atoms with Gasteiger partial charge in [-0.15, -0.1) is 0 Å². The number of aliphatic carboxylic acids is 2. The van der Waals surface area contributed by atoms with Crippen molar-refractivity contribution >= 4 is 17.8 Å². The SMILES string of the molecule is NC(=O)CCc1ccccc1.O=C(O)C(=O)O. The summed E-state index contributed by atoms with van der Waals surface area (Å²) in [7, 11) is 0. The normalized spacial score (nSPS) is 8.71. The molecule has 0 bridgehead atoms. The summed E-state index contributed by atoms with van der Waals surface area (Å²) < 4.78 is 0. The molecule has 0 aromatic heterocycles. The van der Waals surface area contributed by atoms with Crippen molar-refractivity contribution in [1.29, 1.82) is 0 Å². The van der Waals surface area contributed by atoms with E-state index in [1.165, 1.54) is 0 Å². The average molecular weight is 239 g/mol. The summed E-state index contributed by atoms with van der Waals surface area (Å²) in [6.07, 6.45) is 1.18. The number of carboxylic acids is 2.